The van der Waals surface area contributed by atoms with Crippen LogP contribution in [0.25, 0.3) is 0 Å². The van der Waals surface area contributed by atoms with E-state index in [9.17, 15) is 24.6 Å². The Hall–Kier alpha value is -1.72. The lowest BCUT2D eigenvalue weighted by Crippen LogP contribution is -2.76. The average molecular weight is 515 g/mol. The largest absolute Gasteiger partial charge is 0.462 e. The van der Waals surface area contributed by atoms with Crippen molar-refractivity contribution in [3.05, 3.63) is 12.2 Å². The van der Waals surface area contributed by atoms with Gasteiger partial charge in [-0.15, -0.1) is 11.6 Å². The third kappa shape index (κ3) is 3.06. The van der Waals surface area contributed by atoms with Gasteiger partial charge in [0.2, 0.25) is 0 Å². The van der Waals surface area contributed by atoms with E-state index in [1.807, 2.05) is 6.92 Å². The summed E-state index contributed by atoms with van der Waals surface area (Å²) >= 11 is 6.68. The Labute approximate surface area is 207 Å². The number of halogens is 1. The smallest absolute Gasteiger partial charge is 0.312 e. The second-order valence-electron chi connectivity index (χ2n) is 11.0. The maximum atomic E-state index is 12.8. The zero-order chi connectivity index (χ0) is 25.9. The first-order chi connectivity index (χ1) is 16.1. The van der Waals surface area contributed by atoms with Crippen LogP contribution in [0.1, 0.15) is 47.5 Å². The Balaban J connectivity index is 1.76. The van der Waals surface area contributed by atoms with E-state index >= 15 is 0 Å². The summed E-state index contributed by atoms with van der Waals surface area (Å²) in [5, 5.41) is 22.9. The van der Waals surface area contributed by atoms with Crippen molar-refractivity contribution in [2.45, 2.75) is 100 Å². The van der Waals surface area contributed by atoms with Gasteiger partial charge in [-0.25, -0.2) is 0 Å². The second kappa shape index (κ2) is 7.41. The molecule has 11 heteroatoms. The van der Waals surface area contributed by atoms with Gasteiger partial charge < -0.3 is 33.9 Å². The van der Waals surface area contributed by atoms with Gasteiger partial charge >= 0.3 is 17.9 Å². The molecule has 194 valence electrons. The Bertz CT molecular complexity index is 1020. The van der Waals surface area contributed by atoms with Crippen molar-refractivity contribution >= 4 is 29.5 Å². The van der Waals surface area contributed by atoms with Gasteiger partial charge in [0.05, 0.1) is 34.5 Å². The van der Waals surface area contributed by atoms with Gasteiger partial charge in [0.15, 0.2) is 11.9 Å². The number of rotatable bonds is 2. The van der Waals surface area contributed by atoms with Crippen molar-refractivity contribution in [3.8, 4) is 0 Å². The van der Waals surface area contributed by atoms with E-state index in [4.69, 9.17) is 35.3 Å². The van der Waals surface area contributed by atoms with E-state index in [1.54, 1.807) is 13.8 Å². The van der Waals surface area contributed by atoms with Gasteiger partial charge in [0, 0.05) is 38.2 Å². The van der Waals surface area contributed by atoms with Crippen molar-refractivity contribution < 1.29 is 48.3 Å². The highest BCUT2D eigenvalue weighted by Crippen LogP contribution is 2.67. The number of hydrogen-bond acceptors (Lipinski definition) is 10. The summed E-state index contributed by atoms with van der Waals surface area (Å²) in [4.78, 5) is 37.2. The van der Waals surface area contributed by atoms with E-state index in [0.29, 0.717) is 6.42 Å². The SMILES string of the molecule is C=C1[C@H](Cl)[C@@H]2OC(=O)[C@H](C)[C@]23O[C@@]1(O)C[C@@H](OC(C)=O)[C@@]1(C)[C@@H](OC(C)=O)C[C@@H]2O[C@]2(C)[C@@H]1[C@H]3O. The van der Waals surface area contributed by atoms with Crippen molar-refractivity contribution in [3.63, 3.8) is 0 Å². The molecular formula is C24H31ClO10. The van der Waals surface area contributed by atoms with Crippen LogP contribution in [0, 0.1) is 17.3 Å². The van der Waals surface area contributed by atoms with Gasteiger partial charge in [-0.3, -0.25) is 14.4 Å². The molecule has 2 N–H and O–H groups in total. The highest BCUT2D eigenvalue weighted by Gasteiger charge is 2.81. The molecule has 35 heavy (non-hydrogen) atoms. The molecule has 0 amide bonds. The Morgan fingerprint density at radius 1 is 1.17 bits per heavy atom. The molecule has 1 aliphatic carbocycles. The highest BCUT2D eigenvalue weighted by atomic mass is 35.5. The molecule has 4 heterocycles. The van der Waals surface area contributed by atoms with Gasteiger partial charge in [0.25, 0.3) is 0 Å². The van der Waals surface area contributed by atoms with Gasteiger partial charge in [-0.2, -0.15) is 0 Å². The minimum absolute atomic E-state index is 0.0136. The molecule has 1 spiro atoms. The lowest BCUT2D eigenvalue weighted by atomic mass is 9.51. The molecule has 1 saturated carbocycles. The normalized spacial score (nSPS) is 54.3. The fourth-order valence-electron chi connectivity index (χ4n) is 7.23. The predicted octanol–water partition coefficient (Wildman–Crippen LogP) is 0.981. The van der Waals surface area contributed by atoms with Crippen LogP contribution >= 0.6 is 11.6 Å². The van der Waals surface area contributed by atoms with Crippen molar-refractivity contribution in [2.75, 3.05) is 0 Å². The molecule has 5 aliphatic rings. The summed E-state index contributed by atoms with van der Waals surface area (Å²) in [7, 11) is 0. The number of hydrogen-bond donors (Lipinski definition) is 2. The van der Waals surface area contributed by atoms with Gasteiger partial charge in [-0.05, 0) is 13.8 Å². The Kier molecular flexibility index (Phi) is 5.28. The summed E-state index contributed by atoms with van der Waals surface area (Å²) in [5.74, 6) is -5.87. The van der Waals surface area contributed by atoms with Crippen LogP contribution in [0.3, 0.4) is 0 Å². The number of carbonyl (C=O) groups excluding carboxylic acids is 3. The molecule has 0 unspecified atom stereocenters. The van der Waals surface area contributed by atoms with E-state index in [-0.39, 0.29) is 18.1 Å². The molecule has 2 bridgehead atoms. The van der Waals surface area contributed by atoms with Gasteiger partial charge in [-0.1, -0.05) is 13.5 Å². The predicted molar refractivity (Wildman–Crippen MR) is 118 cm³/mol. The summed E-state index contributed by atoms with van der Waals surface area (Å²) in [6, 6.07) is 0. The van der Waals surface area contributed by atoms with E-state index in [2.05, 4.69) is 6.58 Å². The number of ether oxygens (including phenoxy) is 5. The highest BCUT2D eigenvalue weighted by molar-refractivity contribution is 6.23. The third-order valence-electron chi connectivity index (χ3n) is 9.10. The molecule has 0 aromatic rings. The van der Waals surface area contributed by atoms with Crippen LogP contribution < -0.4 is 0 Å². The number of esters is 3. The summed E-state index contributed by atoms with van der Waals surface area (Å²) in [6.45, 7) is 11.5. The van der Waals surface area contributed by atoms with Crippen LogP contribution in [-0.4, -0.2) is 81.0 Å². The standard InChI is InChI=1S/C24H31ClO10/c1-9-16(25)19-24(10(2)20(29)33-19)18(28)17-21(5,15(32-12(4)27)8-23(9,30)35-24)13(31-11(3)26)7-14-22(17,6)34-14/h10,13-19,28,30H,1,7-8H2,2-6H3/t10-,13-,14-,15+,16-,17+,18+,19-,21+,22-,23-,24+/m0/s1. The molecule has 12 atom stereocenters. The minimum atomic E-state index is -2.18. The number of aliphatic hydroxyl groups excluding tert-OH is 1. The zero-order valence-corrected chi connectivity index (χ0v) is 21.0. The van der Waals surface area contributed by atoms with Crippen LogP contribution in [0.15, 0.2) is 12.2 Å². The molecule has 4 aliphatic heterocycles. The van der Waals surface area contributed by atoms with Crippen LogP contribution in [-0.2, 0) is 38.1 Å². The first-order valence-electron chi connectivity index (χ1n) is 11.8. The summed E-state index contributed by atoms with van der Waals surface area (Å²) < 4.78 is 29.4. The van der Waals surface area contributed by atoms with Crippen molar-refractivity contribution in [2.24, 2.45) is 17.3 Å². The number of epoxide rings is 1. The van der Waals surface area contributed by atoms with E-state index in [0.717, 1.165) is 0 Å². The molecule has 10 nitrogen and oxygen atoms in total. The maximum absolute atomic E-state index is 12.8. The van der Waals surface area contributed by atoms with Crippen molar-refractivity contribution in [1.82, 2.24) is 0 Å². The number of alkyl halides is 1. The van der Waals surface area contributed by atoms with Crippen LogP contribution in [0.5, 0.6) is 0 Å². The number of fused-ring (bicyclic) bond motifs is 4. The minimum Gasteiger partial charge on any atom is -0.462 e. The second-order valence-corrected chi connectivity index (χ2v) is 11.4. The Morgan fingerprint density at radius 3 is 2.37 bits per heavy atom. The lowest BCUT2D eigenvalue weighted by Gasteiger charge is -2.61. The van der Waals surface area contributed by atoms with Crippen LogP contribution in [0.4, 0.5) is 0 Å². The fraction of sp³-hybridized carbons (Fsp3) is 0.792. The molecule has 5 fully saturated rings. The van der Waals surface area contributed by atoms with E-state index < -0.39 is 81.9 Å². The summed E-state index contributed by atoms with van der Waals surface area (Å²) in [6.07, 6.45) is -4.95. The Morgan fingerprint density at radius 2 is 1.77 bits per heavy atom. The third-order valence-corrected chi connectivity index (χ3v) is 9.59. The van der Waals surface area contributed by atoms with E-state index in [1.165, 1.54) is 13.8 Å². The molecular weight excluding hydrogens is 484 g/mol. The average Bonchev–Trinajstić information content (AvgIpc) is 3.33. The quantitative estimate of drug-likeness (QED) is 0.180. The van der Waals surface area contributed by atoms with Gasteiger partial charge in [0.1, 0.15) is 17.8 Å². The number of aliphatic hydroxyl groups is 2. The zero-order valence-electron chi connectivity index (χ0n) is 20.3. The lowest BCUT2D eigenvalue weighted by molar-refractivity contribution is -0.349. The molecule has 0 aromatic carbocycles. The number of carbonyl (C=O) groups is 3. The fourth-order valence-corrected chi connectivity index (χ4v) is 7.65. The van der Waals surface area contributed by atoms with Crippen molar-refractivity contribution in [1.29, 1.82) is 0 Å². The topological polar surface area (TPSA) is 141 Å². The first kappa shape index (κ1) is 25.0. The van der Waals surface area contributed by atoms with Crippen LogP contribution in [0.2, 0.25) is 0 Å². The molecule has 4 saturated heterocycles. The first-order valence-corrected chi connectivity index (χ1v) is 12.2. The summed E-state index contributed by atoms with van der Waals surface area (Å²) in [5.41, 5.74) is -3.91. The monoisotopic (exact) mass is 514 g/mol. The molecule has 5 rings (SSSR count). The molecule has 0 radical (unpaired) electrons. The molecule has 0 aromatic heterocycles. The maximum Gasteiger partial charge on any atom is 0.312 e.